The van der Waals surface area contributed by atoms with E-state index < -0.39 is 12.1 Å². The zero-order chi connectivity index (χ0) is 21.7. The fourth-order valence-corrected chi connectivity index (χ4v) is 5.24. The Hall–Kier alpha value is -0.790. The van der Waals surface area contributed by atoms with Crippen molar-refractivity contribution >= 4 is 33.4 Å². The number of carbonyl (C=O) groups is 1. The molecule has 1 amide bonds. The van der Waals surface area contributed by atoms with Crippen LogP contribution in [0.2, 0.25) is 5.02 Å². The summed E-state index contributed by atoms with van der Waals surface area (Å²) in [6, 6.07) is 5.96. The Morgan fingerprint density at radius 1 is 1.07 bits per heavy atom. The largest absolute Gasteiger partial charge is 0.471 e. The highest BCUT2D eigenvalue weighted by atomic mass is 79.9. The number of hydrogen-bond acceptors (Lipinski definition) is 2. The quantitative estimate of drug-likeness (QED) is 0.474. The molecule has 2 saturated heterocycles. The lowest BCUT2D eigenvalue weighted by atomic mass is 9.89. The molecule has 3 nitrogen and oxygen atoms in total. The van der Waals surface area contributed by atoms with E-state index in [9.17, 15) is 18.0 Å². The molecule has 0 aliphatic carbocycles. The van der Waals surface area contributed by atoms with Crippen LogP contribution in [0.1, 0.15) is 44.1 Å². The standard InChI is InChI=1S/C22H29BrClF3N2O/c23-20-4-3-19(24)15-18(20)14-17-5-10-28(11-6-17)9-1-2-16-7-12-29(13-8-16)21(30)22(25,26)27/h3-4,15-17H,1-2,5-14H2. The molecule has 30 heavy (non-hydrogen) atoms. The number of piperidine rings is 2. The highest BCUT2D eigenvalue weighted by Crippen LogP contribution is 2.29. The molecule has 0 N–H and O–H groups in total. The van der Waals surface area contributed by atoms with Crippen molar-refractivity contribution < 1.29 is 18.0 Å². The van der Waals surface area contributed by atoms with E-state index in [1.165, 1.54) is 18.4 Å². The van der Waals surface area contributed by atoms with Crippen LogP contribution in [0.4, 0.5) is 13.2 Å². The summed E-state index contributed by atoms with van der Waals surface area (Å²) in [5.41, 5.74) is 1.27. The first kappa shape index (κ1) is 23.9. The minimum Gasteiger partial charge on any atom is -0.335 e. The van der Waals surface area contributed by atoms with E-state index in [0.29, 0.717) is 24.7 Å². The smallest absolute Gasteiger partial charge is 0.335 e. The summed E-state index contributed by atoms with van der Waals surface area (Å²) in [6.07, 6.45) is 2.11. The minimum atomic E-state index is -4.75. The molecule has 2 aliphatic heterocycles. The molecule has 2 heterocycles. The van der Waals surface area contributed by atoms with Crippen LogP contribution in [0.15, 0.2) is 22.7 Å². The Morgan fingerprint density at radius 2 is 1.70 bits per heavy atom. The van der Waals surface area contributed by atoms with Gasteiger partial charge in [-0.25, -0.2) is 0 Å². The van der Waals surface area contributed by atoms with Crippen LogP contribution in [0.25, 0.3) is 0 Å². The first-order valence-electron chi connectivity index (χ1n) is 10.7. The molecule has 0 aromatic heterocycles. The van der Waals surface area contributed by atoms with E-state index in [-0.39, 0.29) is 13.1 Å². The lowest BCUT2D eigenvalue weighted by Crippen LogP contribution is -2.45. The van der Waals surface area contributed by atoms with Gasteiger partial charge in [0.2, 0.25) is 0 Å². The molecule has 2 aliphatic rings. The van der Waals surface area contributed by atoms with Crippen LogP contribution >= 0.6 is 27.5 Å². The summed E-state index contributed by atoms with van der Waals surface area (Å²) in [5.74, 6) is -0.583. The maximum atomic E-state index is 12.5. The normalized spacial score (nSPS) is 20.0. The van der Waals surface area contributed by atoms with E-state index >= 15 is 0 Å². The van der Waals surface area contributed by atoms with Gasteiger partial charge in [-0.05, 0) is 100 Å². The third kappa shape index (κ3) is 6.86. The van der Waals surface area contributed by atoms with Crippen molar-refractivity contribution in [2.45, 2.75) is 51.1 Å². The third-order valence-corrected chi connectivity index (χ3v) is 7.46. The Bertz CT molecular complexity index is 715. The van der Waals surface area contributed by atoms with Gasteiger partial charge in [0.15, 0.2) is 0 Å². The maximum absolute atomic E-state index is 12.5. The number of alkyl halides is 3. The van der Waals surface area contributed by atoms with Crippen LogP contribution in [0.3, 0.4) is 0 Å². The number of benzene rings is 1. The maximum Gasteiger partial charge on any atom is 0.471 e. The van der Waals surface area contributed by atoms with Gasteiger partial charge in [-0.1, -0.05) is 27.5 Å². The number of nitrogens with zero attached hydrogens (tertiary/aromatic N) is 2. The molecule has 8 heteroatoms. The van der Waals surface area contributed by atoms with E-state index in [2.05, 4.69) is 20.8 Å². The summed E-state index contributed by atoms with van der Waals surface area (Å²) in [4.78, 5) is 14.8. The van der Waals surface area contributed by atoms with Crippen LogP contribution < -0.4 is 0 Å². The SMILES string of the molecule is O=C(N1CCC(CCCN2CCC(Cc3cc(Cl)ccc3Br)CC2)CC1)C(F)(F)F. The average molecular weight is 510 g/mol. The molecular formula is C22H29BrClF3N2O. The van der Waals surface area contributed by atoms with Gasteiger partial charge in [0.05, 0.1) is 0 Å². The number of halogens is 5. The molecule has 0 spiro atoms. The van der Waals surface area contributed by atoms with Gasteiger partial charge in [-0.3, -0.25) is 4.79 Å². The second-order valence-electron chi connectivity index (χ2n) is 8.60. The van der Waals surface area contributed by atoms with Crippen molar-refractivity contribution in [1.82, 2.24) is 9.80 Å². The van der Waals surface area contributed by atoms with E-state index in [1.807, 2.05) is 18.2 Å². The first-order valence-corrected chi connectivity index (χ1v) is 11.9. The third-order valence-electron chi connectivity index (χ3n) is 6.45. The summed E-state index contributed by atoms with van der Waals surface area (Å²) in [6.45, 7) is 3.71. The Morgan fingerprint density at radius 3 is 2.33 bits per heavy atom. The fourth-order valence-electron chi connectivity index (χ4n) is 4.63. The first-order chi connectivity index (χ1) is 14.2. The van der Waals surface area contributed by atoms with E-state index in [0.717, 1.165) is 53.3 Å². The van der Waals surface area contributed by atoms with Gasteiger partial charge < -0.3 is 9.80 Å². The van der Waals surface area contributed by atoms with Gasteiger partial charge >= 0.3 is 12.1 Å². The van der Waals surface area contributed by atoms with Crippen molar-refractivity contribution in [3.8, 4) is 0 Å². The van der Waals surface area contributed by atoms with E-state index in [1.54, 1.807) is 0 Å². The fraction of sp³-hybridized carbons (Fsp3) is 0.682. The lowest BCUT2D eigenvalue weighted by Gasteiger charge is -2.34. The van der Waals surface area contributed by atoms with Crippen molar-refractivity contribution in [2.24, 2.45) is 11.8 Å². The summed E-state index contributed by atoms with van der Waals surface area (Å²) >= 11 is 9.74. The summed E-state index contributed by atoms with van der Waals surface area (Å²) in [7, 11) is 0. The van der Waals surface area contributed by atoms with E-state index in [4.69, 9.17) is 11.6 Å². The Balaban J connectivity index is 1.31. The molecular weight excluding hydrogens is 481 g/mol. The van der Waals surface area contributed by atoms with Crippen LogP contribution in [0, 0.1) is 11.8 Å². The van der Waals surface area contributed by atoms with Gasteiger partial charge in [0, 0.05) is 22.6 Å². The molecule has 0 bridgehead atoms. The number of likely N-dealkylation sites (tertiary alicyclic amines) is 2. The molecule has 1 aromatic carbocycles. The van der Waals surface area contributed by atoms with Gasteiger partial charge in [0.1, 0.15) is 0 Å². The highest BCUT2D eigenvalue weighted by Gasteiger charge is 2.43. The van der Waals surface area contributed by atoms with Gasteiger partial charge in [-0.15, -0.1) is 0 Å². The minimum absolute atomic E-state index is 0.230. The molecule has 2 fully saturated rings. The molecule has 0 saturated carbocycles. The summed E-state index contributed by atoms with van der Waals surface area (Å²) in [5, 5.41) is 0.777. The van der Waals surface area contributed by atoms with Crippen molar-refractivity contribution in [3.05, 3.63) is 33.3 Å². The van der Waals surface area contributed by atoms with Crippen molar-refractivity contribution in [2.75, 3.05) is 32.7 Å². The summed E-state index contributed by atoms with van der Waals surface area (Å²) < 4.78 is 38.7. The monoisotopic (exact) mass is 508 g/mol. The molecule has 1 aromatic rings. The lowest BCUT2D eigenvalue weighted by molar-refractivity contribution is -0.186. The molecule has 0 radical (unpaired) electrons. The van der Waals surface area contributed by atoms with Gasteiger partial charge in [0.25, 0.3) is 0 Å². The second-order valence-corrected chi connectivity index (χ2v) is 9.89. The molecule has 0 atom stereocenters. The van der Waals surface area contributed by atoms with Crippen LogP contribution in [-0.2, 0) is 11.2 Å². The number of hydrogen-bond donors (Lipinski definition) is 0. The number of rotatable bonds is 6. The second kappa shape index (κ2) is 10.7. The topological polar surface area (TPSA) is 23.6 Å². The predicted molar refractivity (Wildman–Crippen MR) is 117 cm³/mol. The zero-order valence-electron chi connectivity index (χ0n) is 17.1. The zero-order valence-corrected chi connectivity index (χ0v) is 19.4. The van der Waals surface area contributed by atoms with Crippen LogP contribution in [-0.4, -0.2) is 54.6 Å². The Labute approximate surface area is 190 Å². The van der Waals surface area contributed by atoms with Crippen LogP contribution in [0.5, 0.6) is 0 Å². The van der Waals surface area contributed by atoms with Crippen molar-refractivity contribution in [1.29, 1.82) is 0 Å². The van der Waals surface area contributed by atoms with Gasteiger partial charge in [-0.2, -0.15) is 13.2 Å². The number of carbonyl (C=O) groups excluding carboxylic acids is 1. The Kier molecular flexibility index (Phi) is 8.50. The molecule has 168 valence electrons. The molecule has 3 rings (SSSR count). The predicted octanol–water partition coefficient (Wildman–Crippen LogP) is 5.94. The highest BCUT2D eigenvalue weighted by molar-refractivity contribution is 9.10. The van der Waals surface area contributed by atoms with Crippen molar-refractivity contribution in [3.63, 3.8) is 0 Å². The number of amides is 1. The average Bonchev–Trinajstić information content (AvgIpc) is 2.71. The molecule has 0 unspecified atom stereocenters.